The Morgan fingerprint density at radius 2 is 2.43 bits per heavy atom. The highest BCUT2D eigenvalue weighted by Crippen LogP contribution is 2.09. The normalized spacial score (nSPS) is 23.4. The molecule has 1 aliphatic rings. The zero-order valence-electron chi connectivity index (χ0n) is 8.91. The second kappa shape index (κ2) is 5.98. The summed E-state index contributed by atoms with van der Waals surface area (Å²) < 4.78 is 10.3. The molecule has 0 bridgehead atoms. The Hall–Kier alpha value is -0.610. The number of carbonyl (C=O) groups excluding carboxylic acids is 1. The van der Waals surface area contributed by atoms with Crippen LogP contribution in [0.4, 0.5) is 0 Å². The molecule has 0 aromatic carbocycles. The standard InChI is InChI=1S/C10H19NO3/c1-3-13-10(12)8(2)14-7-9-4-5-11-6-9/h8-9,11H,3-7H2,1-2H3. The summed E-state index contributed by atoms with van der Waals surface area (Å²) in [6, 6.07) is 0. The Morgan fingerprint density at radius 1 is 1.64 bits per heavy atom. The first kappa shape index (κ1) is 11.5. The average Bonchev–Trinajstić information content (AvgIpc) is 2.67. The van der Waals surface area contributed by atoms with Crippen LogP contribution in [0, 0.1) is 5.92 Å². The number of carbonyl (C=O) groups is 1. The molecule has 0 aliphatic carbocycles. The lowest BCUT2D eigenvalue weighted by atomic mass is 10.1. The summed E-state index contributed by atoms with van der Waals surface area (Å²) in [6.07, 6.45) is 0.700. The third kappa shape index (κ3) is 3.64. The summed E-state index contributed by atoms with van der Waals surface area (Å²) in [5.41, 5.74) is 0. The zero-order chi connectivity index (χ0) is 10.4. The molecule has 82 valence electrons. The van der Waals surface area contributed by atoms with Crippen LogP contribution in [-0.2, 0) is 14.3 Å². The molecule has 1 N–H and O–H groups in total. The van der Waals surface area contributed by atoms with Crippen molar-refractivity contribution < 1.29 is 14.3 Å². The molecule has 1 aliphatic heterocycles. The number of ether oxygens (including phenoxy) is 2. The minimum Gasteiger partial charge on any atom is -0.464 e. The molecule has 4 nitrogen and oxygen atoms in total. The molecule has 2 atom stereocenters. The van der Waals surface area contributed by atoms with Crippen molar-refractivity contribution in [2.24, 2.45) is 5.92 Å². The van der Waals surface area contributed by atoms with Gasteiger partial charge in [0.15, 0.2) is 6.10 Å². The summed E-state index contributed by atoms with van der Waals surface area (Å²) in [4.78, 5) is 11.2. The first-order valence-electron chi connectivity index (χ1n) is 5.23. The van der Waals surface area contributed by atoms with Gasteiger partial charge in [-0.2, -0.15) is 0 Å². The molecular formula is C10H19NO3. The van der Waals surface area contributed by atoms with Gasteiger partial charge in [0.05, 0.1) is 13.2 Å². The van der Waals surface area contributed by atoms with Crippen LogP contribution >= 0.6 is 0 Å². The van der Waals surface area contributed by atoms with E-state index in [0.717, 1.165) is 19.5 Å². The van der Waals surface area contributed by atoms with E-state index in [1.807, 2.05) is 0 Å². The molecule has 0 spiro atoms. The summed E-state index contributed by atoms with van der Waals surface area (Å²) >= 11 is 0. The number of esters is 1. The molecule has 1 heterocycles. The van der Waals surface area contributed by atoms with Crippen molar-refractivity contribution in [3.05, 3.63) is 0 Å². The SMILES string of the molecule is CCOC(=O)C(C)OCC1CCNC1. The van der Waals surface area contributed by atoms with Gasteiger partial charge in [-0.3, -0.25) is 0 Å². The molecule has 0 radical (unpaired) electrons. The van der Waals surface area contributed by atoms with Gasteiger partial charge in [-0.05, 0) is 32.7 Å². The Labute approximate surface area is 85.0 Å². The topological polar surface area (TPSA) is 47.6 Å². The van der Waals surface area contributed by atoms with E-state index in [4.69, 9.17) is 9.47 Å². The highest BCUT2D eigenvalue weighted by molar-refractivity contribution is 5.74. The Balaban J connectivity index is 2.13. The molecule has 1 saturated heterocycles. The van der Waals surface area contributed by atoms with E-state index in [-0.39, 0.29) is 5.97 Å². The molecule has 4 heteroatoms. The Morgan fingerprint density at radius 3 is 3.00 bits per heavy atom. The summed E-state index contributed by atoms with van der Waals surface area (Å²) in [6.45, 7) is 6.65. The van der Waals surface area contributed by atoms with E-state index in [1.54, 1.807) is 13.8 Å². The molecule has 1 rings (SSSR count). The van der Waals surface area contributed by atoms with E-state index >= 15 is 0 Å². The van der Waals surface area contributed by atoms with Crippen molar-refractivity contribution in [2.45, 2.75) is 26.4 Å². The molecule has 14 heavy (non-hydrogen) atoms. The van der Waals surface area contributed by atoms with Gasteiger partial charge in [0, 0.05) is 6.54 Å². The quantitative estimate of drug-likeness (QED) is 0.660. The van der Waals surface area contributed by atoms with E-state index in [0.29, 0.717) is 19.1 Å². The number of hydrogen-bond acceptors (Lipinski definition) is 4. The maximum atomic E-state index is 11.2. The highest BCUT2D eigenvalue weighted by Gasteiger charge is 2.19. The number of hydrogen-bond donors (Lipinski definition) is 1. The van der Waals surface area contributed by atoms with Gasteiger partial charge < -0.3 is 14.8 Å². The second-order valence-corrected chi connectivity index (χ2v) is 3.59. The van der Waals surface area contributed by atoms with Crippen molar-refractivity contribution in [3.63, 3.8) is 0 Å². The highest BCUT2D eigenvalue weighted by atomic mass is 16.6. The van der Waals surface area contributed by atoms with E-state index < -0.39 is 6.10 Å². The van der Waals surface area contributed by atoms with Crippen LogP contribution in [0.3, 0.4) is 0 Å². The van der Waals surface area contributed by atoms with Gasteiger partial charge >= 0.3 is 5.97 Å². The molecule has 0 amide bonds. The maximum absolute atomic E-state index is 11.2. The van der Waals surface area contributed by atoms with Gasteiger partial charge in [0.1, 0.15) is 0 Å². The molecule has 0 saturated carbocycles. The third-order valence-electron chi connectivity index (χ3n) is 2.36. The van der Waals surface area contributed by atoms with Gasteiger partial charge in [-0.15, -0.1) is 0 Å². The fourth-order valence-electron chi connectivity index (χ4n) is 1.46. The summed E-state index contributed by atoms with van der Waals surface area (Å²) in [5.74, 6) is 0.283. The maximum Gasteiger partial charge on any atom is 0.334 e. The molecule has 2 unspecified atom stereocenters. The van der Waals surface area contributed by atoms with E-state index in [9.17, 15) is 4.79 Å². The fourth-order valence-corrected chi connectivity index (χ4v) is 1.46. The number of nitrogens with one attached hydrogen (secondary N) is 1. The zero-order valence-corrected chi connectivity index (χ0v) is 8.91. The summed E-state index contributed by atoms with van der Waals surface area (Å²) in [5, 5.41) is 3.25. The van der Waals surface area contributed by atoms with Crippen molar-refractivity contribution in [1.82, 2.24) is 5.32 Å². The Kier molecular flexibility index (Phi) is 4.90. The first-order chi connectivity index (χ1) is 6.74. The lowest BCUT2D eigenvalue weighted by molar-refractivity contribution is -0.156. The number of rotatable bonds is 5. The van der Waals surface area contributed by atoms with Crippen LogP contribution in [0.1, 0.15) is 20.3 Å². The first-order valence-corrected chi connectivity index (χ1v) is 5.23. The van der Waals surface area contributed by atoms with Crippen molar-refractivity contribution in [1.29, 1.82) is 0 Å². The average molecular weight is 201 g/mol. The van der Waals surface area contributed by atoms with Crippen LogP contribution in [0.25, 0.3) is 0 Å². The van der Waals surface area contributed by atoms with Crippen LogP contribution in [0.2, 0.25) is 0 Å². The van der Waals surface area contributed by atoms with Crippen molar-refractivity contribution >= 4 is 5.97 Å². The largest absolute Gasteiger partial charge is 0.464 e. The summed E-state index contributed by atoms with van der Waals surface area (Å²) in [7, 11) is 0. The molecule has 1 fully saturated rings. The van der Waals surface area contributed by atoms with Crippen LogP contribution < -0.4 is 5.32 Å². The third-order valence-corrected chi connectivity index (χ3v) is 2.36. The lowest BCUT2D eigenvalue weighted by Crippen LogP contribution is -2.26. The minimum absolute atomic E-state index is 0.265. The second-order valence-electron chi connectivity index (χ2n) is 3.59. The van der Waals surface area contributed by atoms with E-state index in [1.165, 1.54) is 0 Å². The van der Waals surface area contributed by atoms with Gasteiger partial charge in [0.2, 0.25) is 0 Å². The fraction of sp³-hybridized carbons (Fsp3) is 0.900. The molecule has 0 aromatic rings. The van der Waals surface area contributed by atoms with Crippen molar-refractivity contribution in [2.75, 3.05) is 26.3 Å². The smallest absolute Gasteiger partial charge is 0.334 e. The monoisotopic (exact) mass is 201 g/mol. The molecule has 0 aromatic heterocycles. The van der Waals surface area contributed by atoms with Crippen LogP contribution in [-0.4, -0.2) is 38.4 Å². The Bertz CT molecular complexity index is 178. The van der Waals surface area contributed by atoms with Gasteiger partial charge in [-0.25, -0.2) is 4.79 Å². The minimum atomic E-state index is -0.435. The predicted molar refractivity (Wildman–Crippen MR) is 53.0 cm³/mol. The van der Waals surface area contributed by atoms with E-state index in [2.05, 4.69) is 5.32 Å². The van der Waals surface area contributed by atoms with Gasteiger partial charge in [0.25, 0.3) is 0 Å². The van der Waals surface area contributed by atoms with Crippen LogP contribution in [0.15, 0.2) is 0 Å². The van der Waals surface area contributed by atoms with Crippen molar-refractivity contribution in [3.8, 4) is 0 Å². The van der Waals surface area contributed by atoms with Crippen LogP contribution in [0.5, 0.6) is 0 Å². The van der Waals surface area contributed by atoms with Gasteiger partial charge in [-0.1, -0.05) is 0 Å². The molecular weight excluding hydrogens is 182 g/mol. The predicted octanol–water partition coefficient (Wildman–Crippen LogP) is 0.564. The lowest BCUT2D eigenvalue weighted by Gasteiger charge is -2.14.